The second-order valence-electron chi connectivity index (χ2n) is 4.31. The molecular weight excluding hydrogens is 251 g/mol. The summed E-state index contributed by atoms with van der Waals surface area (Å²) in [6.45, 7) is 1.86. The van der Waals surface area contributed by atoms with E-state index in [0.717, 1.165) is 29.9 Å². The molecule has 1 saturated heterocycles. The maximum Gasteiger partial charge on any atom is 0.142 e. The van der Waals surface area contributed by atoms with Gasteiger partial charge in [0, 0.05) is 24.6 Å². The van der Waals surface area contributed by atoms with E-state index in [1.165, 1.54) is 6.20 Å². The van der Waals surface area contributed by atoms with Gasteiger partial charge < -0.3 is 5.32 Å². The second kappa shape index (κ2) is 5.46. The van der Waals surface area contributed by atoms with Crippen molar-refractivity contribution in [1.29, 1.82) is 0 Å². The molecular formula is C14H14ClFN2. The maximum absolute atomic E-state index is 13.3. The molecule has 3 rings (SSSR count). The highest BCUT2D eigenvalue weighted by molar-refractivity contribution is 5.85. The zero-order valence-electron chi connectivity index (χ0n) is 9.77. The van der Waals surface area contributed by atoms with Crippen molar-refractivity contribution < 1.29 is 4.39 Å². The van der Waals surface area contributed by atoms with Gasteiger partial charge in [-0.2, -0.15) is 0 Å². The highest BCUT2D eigenvalue weighted by atomic mass is 35.5. The minimum Gasteiger partial charge on any atom is -0.315 e. The molecule has 2 nitrogen and oxygen atoms in total. The minimum atomic E-state index is -0.278. The fourth-order valence-corrected chi connectivity index (χ4v) is 2.11. The van der Waals surface area contributed by atoms with E-state index in [0.29, 0.717) is 5.92 Å². The van der Waals surface area contributed by atoms with E-state index in [1.807, 2.05) is 30.3 Å². The van der Waals surface area contributed by atoms with Crippen LogP contribution in [0.1, 0.15) is 11.6 Å². The van der Waals surface area contributed by atoms with Gasteiger partial charge in [0.25, 0.3) is 0 Å². The number of nitrogens with one attached hydrogen (secondary N) is 1. The Morgan fingerprint density at radius 2 is 1.89 bits per heavy atom. The molecule has 2 heterocycles. The summed E-state index contributed by atoms with van der Waals surface area (Å²) in [6, 6.07) is 11.4. The first-order chi connectivity index (χ1) is 8.34. The van der Waals surface area contributed by atoms with E-state index in [2.05, 4.69) is 10.3 Å². The number of benzene rings is 1. The van der Waals surface area contributed by atoms with Crippen LogP contribution in [0, 0.1) is 5.82 Å². The van der Waals surface area contributed by atoms with E-state index >= 15 is 0 Å². The Morgan fingerprint density at radius 1 is 1.17 bits per heavy atom. The third-order valence-electron chi connectivity index (χ3n) is 3.14. The van der Waals surface area contributed by atoms with Crippen molar-refractivity contribution in [2.45, 2.75) is 5.92 Å². The highest BCUT2D eigenvalue weighted by Gasteiger charge is 2.23. The van der Waals surface area contributed by atoms with Crippen LogP contribution >= 0.6 is 12.4 Å². The van der Waals surface area contributed by atoms with Gasteiger partial charge in [0.2, 0.25) is 0 Å². The molecule has 0 saturated carbocycles. The van der Waals surface area contributed by atoms with Crippen molar-refractivity contribution in [3.63, 3.8) is 0 Å². The van der Waals surface area contributed by atoms with Gasteiger partial charge in [-0.15, -0.1) is 12.4 Å². The van der Waals surface area contributed by atoms with Gasteiger partial charge in [-0.25, -0.2) is 4.39 Å². The first kappa shape index (κ1) is 13.0. The Morgan fingerprint density at radius 3 is 2.50 bits per heavy atom. The molecule has 1 aromatic heterocycles. The molecule has 0 radical (unpaired) electrons. The van der Waals surface area contributed by atoms with Crippen molar-refractivity contribution in [1.82, 2.24) is 10.3 Å². The Balaban J connectivity index is 0.00000120. The van der Waals surface area contributed by atoms with Gasteiger partial charge in [0.05, 0.1) is 11.9 Å². The first-order valence-corrected chi connectivity index (χ1v) is 5.76. The molecule has 1 N–H and O–H groups in total. The van der Waals surface area contributed by atoms with Crippen LogP contribution in [0.5, 0.6) is 0 Å². The van der Waals surface area contributed by atoms with Gasteiger partial charge >= 0.3 is 0 Å². The number of rotatable bonds is 2. The predicted molar refractivity (Wildman–Crippen MR) is 72.5 cm³/mol. The number of pyridine rings is 1. The van der Waals surface area contributed by atoms with E-state index in [1.54, 1.807) is 6.07 Å². The van der Waals surface area contributed by atoms with Gasteiger partial charge in [-0.1, -0.05) is 30.3 Å². The molecule has 0 unspecified atom stereocenters. The molecule has 1 aliphatic rings. The van der Waals surface area contributed by atoms with Crippen molar-refractivity contribution in [2.75, 3.05) is 13.1 Å². The maximum atomic E-state index is 13.3. The summed E-state index contributed by atoms with van der Waals surface area (Å²) in [5.41, 5.74) is 2.94. The van der Waals surface area contributed by atoms with Crippen LogP contribution in [0.4, 0.5) is 4.39 Å². The molecule has 1 aliphatic heterocycles. The Labute approximate surface area is 112 Å². The Hall–Kier alpha value is -1.45. The van der Waals surface area contributed by atoms with E-state index in [9.17, 15) is 4.39 Å². The molecule has 1 fully saturated rings. The average molecular weight is 265 g/mol. The fourth-order valence-electron chi connectivity index (χ4n) is 2.11. The molecule has 4 heteroatoms. The van der Waals surface area contributed by atoms with Gasteiger partial charge in [-0.05, 0) is 11.6 Å². The third kappa shape index (κ3) is 2.37. The van der Waals surface area contributed by atoms with Gasteiger partial charge in [0.1, 0.15) is 5.82 Å². The second-order valence-corrected chi connectivity index (χ2v) is 4.31. The van der Waals surface area contributed by atoms with Crippen LogP contribution in [-0.4, -0.2) is 18.1 Å². The largest absolute Gasteiger partial charge is 0.315 e. The van der Waals surface area contributed by atoms with Crippen LogP contribution in [0.3, 0.4) is 0 Å². The third-order valence-corrected chi connectivity index (χ3v) is 3.14. The summed E-state index contributed by atoms with van der Waals surface area (Å²) in [6.07, 6.45) is 1.31. The molecule has 0 spiro atoms. The summed E-state index contributed by atoms with van der Waals surface area (Å²) in [5, 5.41) is 3.22. The van der Waals surface area contributed by atoms with Crippen LogP contribution in [0.2, 0.25) is 0 Å². The molecule has 0 amide bonds. The number of hydrogen-bond acceptors (Lipinski definition) is 2. The number of hydrogen-bond donors (Lipinski definition) is 1. The zero-order chi connectivity index (χ0) is 11.7. The van der Waals surface area contributed by atoms with Crippen LogP contribution in [0.25, 0.3) is 11.1 Å². The molecule has 0 aliphatic carbocycles. The lowest BCUT2D eigenvalue weighted by molar-refractivity contribution is 0.439. The summed E-state index contributed by atoms with van der Waals surface area (Å²) >= 11 is 0. The van der Waals surface area contributed by atoms with E-state index < -0.39 is 0 Å². The smallest absolute Gasteiger partial charge is 0.142 e. The topological polar surface area (TPSA) is 24.9 Å². The first-order valence-electron chi connectivity index (χ1n) is 5.76. The van der Waals surface area contributed by atoms with Crippen molar-refractivity contribution in [2.24, 2.45) is 0 Å². The summed E-state index contributed by atoms with van der Waals surface area (Å²) in [5.74, 6) is 0.130. The number of aromatic nitrogens is 1. The number of halogens is 2. The summed E-state index contributed by atoms with van der Waals surface area (Å²) in [7, 11) is 0. The quantitative estimate of drug-likeness (QED) is 0.902. The van der Waals surface area contributed by atoms with E-state index in [-0.39, 0.29) is 18.2 Å². The normalized spacial score (nSPS) is 14.7. The molecule has 0 bridgehead atoms. The lowest BCUT2D eigenvalue weighted by Gasteiger charge is -2.28. The van der Waals surface area contributed by atoms with Crippen LogP contribution < -0.4 is 5.32 Å². The number of nitrogens with zero attached hydrogens (tertiary/aromatic N) is 1. The van der Waals surface area contributed by atoms with Gasteiger partial charge in [0.15, 0.2) is 0 Å². The summed E-state index contributed by atoms with van der Waals surface area (Å²) < 4.78 is 13.3. The standard InChI is InChI=1S/C14H13FN2.ClH/c15-12-6-13(10-4-2-1-3-5-10)14(17-9-12)11-7-16-8-11;/h1-6,9,11,16H,7-8H2;1H. The Bertz CT molecular complexity index is 527. The molecule has 0 atom stereocenters. The average Bonchev–Trinajstić information content (AvgIpc) is 2.30. The minimum absolute atomic E-state index is 0. The highest BCUT2D eigenvalue weighted by Crippen LogP contribution is 2.30. The van der Waals surface area contributed by atoms with E-state index in [4.69, 9.17) is 0 Å². The van der Waals surface area contributed by atoms with Crippen LogP contribution in [0.15, 0.2) is 42.6 Å². The predicted octanol–water partition coefficient (Wildman–Crippen LogP) is 3.00. The fraction of sp³-hybridized carbons (Fsp3) is 0.214. The zero-order valence-corrected chi connectivity index (χ0v) is 10.6. The molecule has 1 aromatic carbocycles. The molecule has 94 valence electrons. The lowest BCUT2D eigenvalue weighted by Crippen LogP contribution is -2.40. The lowest BCUT2D eigenvalue weighted by atomic mass is 9.91. The SMILES string of the molecule is Cl.Fc1cnc(C2CNC2)c(-c2ccccc2)c1. The van der Waals surface area contributed by atoms with Crippen molar-refractivity contribution in [3.05, 3.63) is 54.1 Å². The van der Waals surface area contributed by atoms with Gasteiger partial charge in [-0.3, -0.25) is 4.98 Å². The van der Waals surface area contributed by atoms with Crippen LogP contribution in [-0.2, 0) is 0 Å². The Kier molecular flexibility index (Phi) is 3.94. The van der Waals surface area contributed by atoms with Crippen molar-refractivity contribution in [3.8, 4) is 11.1 Å². The monoisotopic (exact) mass is 264 g/mol. The molecule has 2 aromatic rings. The van der Waals surface area contributed by atoms with Crippen molar-refractivity contribution >= 4 is 12.4 Å². The summed E-state index contributed by atoms with van der Waals surface area (Å²) in [4.78, 5) is 4.26. The molecule has 18 heavy (non-hydrogen) atoms.